The van der Waals surface area contributed by atoms with E-state index >= 15 is 0 Å². The molecule has 5 heteroatoms. The van der Waals surface area contributed by atoms with Crippen molar-refractivity contribution < 1.29 is 14.6 Å². The molecule has 0 spiro atoms. The van der Waals surface area contributed by atoms with Gasteiger partial charge >= 0.3 is 0 Å². The van der Waals surface area contributed by atoms with E-state index in [4.69, 9.17) is 15.6 Å². The van der Waals surface area contributed by atoms with E-state index in [0.29, 0.717) is 19.6 Å². The van der Waals surface area contributed by atoms with E-state index in [9.17, 15) is 4.79 Å². The second-order valence-electron chi connectivity index (χ2n) is 3.94. The number of ether oxygens (including phenoxy) is 1. The van der Waals surface area contributed by atoms with Gasteiger partial charge in [0.05, 0.1) is 18.9 Å². The second kappa shape index (κ2) is 5.05. The summed E-state index contributed by atoms with van der Waals surface area (Å²) in [6, 6.07) is 7.04. The van der Waals surface area contributed by atoms with Crippen LogP contribution < -0.4 is 15.4 Å². The van der Waals surface area contributed by atoms with Crippen molar-refractivity contribution >= 4 is 11.6 Å². The molecule has 1 heterocycles. The maximum Gasteiger partial charge on any atom is 0.240 e. The number of carbonyl (C=O) groups excluding carboxylic acids is 1. The third-order valence-electron chi connectivity index (χ3n) is 2.87. The van der Waals surface area contributed by atoms with Gasteiger partial charge < -0.3 is 20.5 Å². The number of fused-ring (bicyclic) bond motifs is 1. The van der Waals surface area contributed by atoms with Crippen molar-refractivity contribution in [3.63, 3.8) is 0 Å². The Labute approximate surface area is 99.8 Å². The molecule has 0 saturated heterocycles. The summed E-state index contributed by atoms with van der Waals surface area (Å²) in [5, 5.41) is 9.10. The number of benzene rings is 1. The molecule has 1 aliphatic heterocycles. The van der Waals surface area contributed by atoms with Crippen molar-refractivity contribution in [3.8, 4) is 5.75 Å². The third-order valence-corrected chi connectivity index (χ3v) is 2.87. The molecule has 0 bridgehead atoms. The molecular weight excluding hydrogens is 220 g/mol. The van der Waals surface area contributed by atoms with Crippen molar-refractivity contribution in [2.24, 2.45) is 5.73 Å². The SMILES string of the molecule is NC(=O)C1CCOc2ccccc2N1CCO. The van der Waals surface area contributed by atoms with Gasteiger partial charge in [0.1, 0.15) is 11.8 Å². The number of para-hydroxylation sites is 2. The number of primary amides is 1. The summed E-state index contributed by atoms with van der Waals surface area (Å²) in [5.74, 6) is 0.337. The van der Waals surface area contributed by atoms with Crippen molar-refractivity contribution in [2.75, 3.05) is 24.7 Å². The highest BCUT2D eigenvalue weighted by molar-refractivity contribution is 5.84. The minimum absolute atomic E-state index is 0.0296. The molecule has 1 unspecified atom stereocenters. The van der Waals surface area contributed by atoms with Crippen LogP contribution >= 0.6 is 0 Å². The fourth-order valence-electron chi connectivity index (χ4n) is 2.10. The van der Waals surface area contributed by atoms with E-state index in [-0.39, 0.29) is 6.61 Å². The standard InChI is InChI=1S/C12H16N2O3/c13-12(16)10-5-8-17-11-4-2-1-3-9(11)14(10)6-7-15/h1-4,10,15H,5-8H2,(H2,13,16). The smallest absolute Gasteiger partial charge is 0.240 e. The molecule has 1 aromatic carbocycles. The number of aliphatic hydroxyl groups excluding tert-OH is 1. The molecule has 0 aromatic heterocycles. The minimum atomic E-state index is -0.425. The van der Waals surface area contributed by atoms with E-state index in [1.807, 2.05) is 29.2 Å². The van der Waals surface area contributed by atoms with Gasteiger partial charge in [-0.2, -0.15) is 0 Å². The lowest BCUT2D eigenvalue weighted by Crippen LogP contribution is -2.46. The first-order valence-electron chi connectivity index (χ1n) is 5.62. The Morgan fingerprint density at radius 2 is 2.29 bits per heavy atom. The molecule has 1 amide bonds. The highest BCUT2D eigenvalue weighted by atomic mass is 16.5. The Hall–Kier alpha value is -1.75. The van der Waals surface area contributed by atoms with Crippen LogP contribution in [-0.2, 0) is 4.79 Å². The molecule has 5 nitrogen and oxygen atoms in total. The number of carbonyl (C=O) groups is 1. The van der Waals surface area contributed by atoms with Gasteiger partial charge in [0, 0.05) is 13.0 Å². The minimum Gasteiger partial charge on any atom is -0.491 e. The summed E-state index contributed by atoms with van der Waals surface area (Å²) in [6.45, 7) is 0.790. The molecule has 0 aliphatic carbocycles. The number of nitrogens with zero attached hydrogens (tertiary/aromatic N) is 1. The van der Waals surface area contributed by atoms with Crippen LogP contribution in [0.1, 0.15) is 6.42 Å². The zero-order valence-corrected chi connectivity index (χ0v) is 9.50. The van der Waals surface area contributed by atoms with Crippen LogP contribution in [0.25, 0.3) is 0 Å². The van der Waals surface area contributed by atoms with Gasteiger partial charge in [0.25, 0.3) is 0 Å². The molecule has 0 radical (unpaired) electrons. The molecular formula is C12H16N2O3. The van der Waals surface area contributed by atoms with Gasteiger partial charge in [-0.3, -0.25) is 4.79 Å². The normalized spacial score (nSPS) is 19.1. The summed E-state index contributed by atoms with van der Waals surface area (Å²) in [4.78, 5) is 13.3. The number of β-amino-alcohol motifs (C(OH)–C–C–N with tert-alkyl or cyclic N) is 1. The first-order chi connectivity index (χ1) is 8.24. The number of anilines is 1. The molecule has 1 aromatic rings. The number of nitrogens with two attached hydrogens (primary N) is 1. The Balaban J connectivity index is 2.39. The molecule has 0 fully saturated rings. The largest absolute Gasteiger partial charge is 0.491 e. The maximum absolute atomic E-state index is 11.4. The van der Waals surface area contributed by atoms with Crippen LogP contribution in [0.2, 0.25) is 0 Å². The molecule has 3 N–H and O–H groups in total. The second-order valence-corrected chi connectivity index (χ2v) is 3.94. The van der Waals surface area contributed by atoms with Crippen molar-refractivity contribution in [3.05, 3.63) is 24.3 Å². The number of hydrogen-bond donors (Lipinski definition) is 2. The van der Waals surface area contributed by atoms with Gasteiger partial charge in [-0.1, -0.05) is 12.1 Å². The van der Waals surface area contributed by atoms with E-state index in [1.165, 1.54) is 0 Å². The monoisotopic (exact) mass is 236 g/mol. The molecule has 2 rings (SSSR count). The van der Waals surface area contributed by atoms with Crippen LogP contribution in [0.15, 0.2) is 24.3 Å². The van der Waals surface area contributed by atoms with E-state index in [1.54, 1.807) is 0 Å². The molecule has 17 heavy (non-hydrogen) atoms. The number of rotatable bonds is 3. The molecule has 0 saturated carbocycles. The highest BCUT2D eigenvalue weighted by Gasteiger charge is 2.28. The highest BCUT2D eigenvalue weighted by Crippen LogP contribution is 2.32. The Morgan fingerprint density at radius 1 is 1.53 bits per heavy atom. The van der Waals surface area contributed by atoms with E-state index in [2.05, 4.69) is 0 Å². The predicted molar refractivity (Wildman–Crippen MR) is 64.0 cm³/mol. The summed E-state index contributed by atoms with van der Waals surface area (Å²) >= 11 is 0. The van der Waals surface area contributed by atoms with Crippen molar-refractivity contribution in [1.29, 1.82) is 0 Å². The van der Waals surface area contributed by atoms with E-state index < -0.39 is 11.9 Å². The van der Waals surface area contributed by atoms with Gasteiger partial charge in [-0.25, -0.2) is 0 Å². The van der Waals surface area contributed by atoms with Gasteiger partial charge in [0.15, 0.2) is 0 Å². The maximum atomic E-state index is 11.4. The number of amides is 1. The first-order valence-corrected chi connectivity index (χ1v) is 5.62. The molecule has 92 valence electrons. The van der Waals surface area contributed by atoms with Crippen LogP contribution in [0.5, 0.6) is 5.75 Å². The quantitative estimate of drug-likeness (QED) is 0.781. The summed E-state index contributed by atoms with van der Waals surface area (Å²) < 4.78 is 5.57. The zero-order valence-electron chi connectivity index (χ0n) is 9.50. The topological polar surface area (TPSA) is 75.8 Å². The van der Waals surface area contributed by atoms with Crippen LogP contribution in [0.4, 0.5) is 5.69 Å². The lowest BCUT2D eigenvalue weighted by molar-refractivity contribution is -0.119. The summed E-state index contributed by atoms with van der Waals surface area (Å²) in [7, 11) is 0. The Kier molecular flexibility index (Phi) is 3.49. The predicted octanol–water partition coefficient (Wildman–Crippen LogP) is 0.122. The Morgan fingerprint density at radius 3 is 3.00 bits per heavy atom. The van der Waals surface area contributed by atoms with Gasteiger partial charge in [0.2, 0.25) is 5.91 Å². The van der Waals surface area contributed by atoms with Gasteiger partial charge in [-0.05, 0) is 12.1 Å². The lowest BCUT2D eigenvalue weighted by Gasteiger charge is -2.29. The van der Waals surface area contributed by atoms with Crippen LogP contribution in [0, 0.1) is 0 Å². The van der Waals surface area contributed by atoms with Crippen LogP contribution in [0.3, 0.4) is 0 Å². The molecule has 1 aliphatic rings. The molecule has 1 atom stereocenters. The number of aliphatic hydroxyl groups is 1. The van der Waals surface area contributed by atoms with Gasteiger partial charge in [-0.15, -0.1) is 0 Å². The van der Waals surface area contributed by atoms with Crippen molar-refractivity contribution in [1.82, 2.24) is 0 Å². The first kappa shape index (κ1) is 11.7. The summed E-state index contributed by atoms with van der Waals surface area (Å²) in [5.41, 5.74) is 6.20. The fraction of sp³-hybridized carbons (Fsp3) is 0.417. The lowest BCUT2D eigenvalue weighted by atomic mass is 10.1. The average molecular weight is 236 g/mol. The average Bonchev–Trinajstić information content (AvgIpc) is 2.50. The summed E-state index contributed by atoms with van der Waals surface area (Å²) in [6.07, 6.45) is 0.532. The number of hydrogen-bond acceptors (Lipinski definition) is 4. The van der Waals surface area contributed by atoms with Crippen molar-refractivity contribution in [2.45, 2.75) is 12.5 Å². The zero-order chi connectivity index (χ0) is 12.3. The third kappa shape index (κ3) is 2.34. The van der Waals surface area contributed by atoms with Crippen LogP contribution in [-0.4, -0.2) is 36.8 Å². The van der Waals surface area contributed by atoms with E-state index in [0.717, 1.165) is 11.4 Å². The Bertz CT molecular complexity index is 408. The fourth-order valence-corrected chi connectivity index (χ4v) is 2.10.